The Balaban J connectivity index is 0.00000200. The molecule has 1 heterocycles. The van der Waals surface area contributed by atoms with Crippen LogP contribution in [0, 0.1) is 0 Å². The van der Waals surface area contributed by atoms with E-state index < -0.39 is 17.4 Å². The minimum atomic E-state index is -1.08. The number of methoxy groups -OCH3 is 2. The SMILES string of the molecule is COC1=C[C]([Zn][N]2CCOCC2)=C(OC)CC1=[N+]=[N-].Cl. The van der Waals surface area contributed by atoms with Crippen LogP contribution in [0.1, 0.15) is 6.42 Å². The topological polar surface area (TPSA) is 67.3 Å². The predicted molar refractivity (Wildman–Crippen MR) is 72.0 cm³/mol. The molecule has 0 amide bonds. The molecule has 0 radical (unpaired) electrons. The summed E-state index contributed by atoms with van der Waals surface area (Å²) in [5, 5.41) is 0. The molecule has 0 spiro atoms. The molecular weight excluding hydrogens is 335 g/mol. The van der Waals surface area contributed by atoms with Crippen LogP contribution in [0.2, 0.25) is 0 Å². The first kappa shape index (κ1) is 17.3. The molecule has 0 aromatic rings. The molecule has 2 rings (SSSR count). The summed E-state index contributed by atoms with van der Waals surface area (Å²) in [6.07, 6.45) is 2.46. The third-order valence-electron chi connectivity index (χ3n) is 3.36. The molecule has 2 aliphatic rings. The maximum atomic E-state index is 8.99. The van der Waals surface area contributed by atoms with E-state index in [0.29, 0.717) is 17.9 Å². The first-order valence-electron chi connectivity index (χ1n) is 6.31. The maximum Gasteiger partial charge on any atom is -0.147 e. The number of nitrogens with zero attached hydrogens (tertiary/aromatic N) is 3. The van der Waals surface area contributed by atoms with Crippen LogP contribution in [-0.2, 0) is 31.6 Å². The van der Waals surface area contributed by atoms with Crippen molar-refractivity contribution in [3.05, 3.63) is 27.3 Å². The largest absolute Gasteiger partial charge is 0.147 e. The summed E-state index contributed by atoms with van der Waals surface area (Å²) in [5.41, 5.74) is 9.51. The Hall–Kier alpha value is -0.707. The van der Waals surface area contributed by atoms with Crippen LogP contribution in [0.25, 0.3) is 5.53 Å². The summed E-state index contributed by atoms with van der Waals surface area (Å²) in [6, 6.07) is 0. The van der Waals surface area contributed by atoms with E-state index in [1.165, 1.54) is 4.17 Å². The molecule has 1 fully saturated rings. The zero-order valence-electron chi connectivity index (χ0n) is 11.8. The fourth-order valence-corrected chi connectivity index (χ4v) is 6.01. The van der Waals surface area contributed by atoms with Gasteiger partial charge in [-0.1, -0.05) is 0 Å². The first-order valence-corrected chi connectivity index (χ1v) is 9.12. The molecule has 6 nitrogen and oxygen atoms in total. The molecule has 0 N–H and O–H groups in total. The average Bonchev–Trinajstić information content (AvgIpc) is 2.47. The van der Waals surface area contributed by atoms with Gasteiger partial charge in [-0.15, -0.1) is 12.4 Å². The van der Waals surface area contributed by atoms with E-state index in [9.17, 15) is 0 Å². The van der Waals surface area contributed by atoms with Crippen LogP contribution < -0.4 is 0 Å². The molecule has 0 aromatic heterocycles. The molecule has 1 aliphatic carbocycles. The van der Waals surface area contributed by atoms with Gasteiger partial charge < -0.3 is 0 Å². The second kappa shape index (κ2) is 8.55. The molecular formula is C12H18ClN3O3Zn. The number of hydrogen-bond donors (Lipinski definition) is 0. The van der Waals surface area contributed by atoms with E-state index in [2.05, 4.69) is 8.43 Å². The van der Waals surface area contributed by atoms with Gasteiger partial charge >= 0.3 is 120 Å². The Kier molecular flexibility index (Phi) is 7.42. The van der Waals surface area contributed by atoms with Crippen LogP contribution in [0.15, 0.2) is 21.8 Å². The van der Waals surface area contributed by atoms with E-state index in [0.717, 1.165) is 32.1 Å². The van der Waals surface area contributed by atoms with Crippen molar-refractivity contribution < 1.29 is 36.4 Å². The third kappa shape index (κ3) is 4.14. The normalized spacial score (nSPS) is 19.5. The van der Waals surface area contributed by atoms with Gasteiger partial charge in [-0.25, -0.2) is 0 Å². The van der Waals surface area contributed by atoms with Crippen molar-refractivity contribution in [2.24, 2.45) is 0 Å². The molecule has 1 aliphatic heterocycles. The minimum Gasteiger partial charge on any atom is -0.147 e. The molecule has 0 bridgehead atoms. The Morgan fingerprint density at radius 3 is 2.55 bits per heavy atom. The Bertz CT molecular complexity index is 455. The third-order valence-corrected chi connectivity index (χ3v) is 7.60. The average molecular weight is 353 g/mol. The summed E-state index contributed by atoms with van der Waals surface area (Å²) in [7, 11) is 3.26. The maximum absolute atomic E-state index is 8.99. The molecule has 0 atom stereocenters. The van der Waals surface area contributed by atoms with Gasteiger partial charge in [-0.2, -0.15) is 0 Å². The van der Waals surface area contributed by atoms with Crippen molar-refractivity contribution in [2.75, 3.05) is 40.5 Å². The second-order valence-electron chi connectivity index (χ2n) is 4.48. The molecule has 108 valence electrons. The molecule has 0 aromatic carbocycles. The fourth-order valence-electron chi connectivity index (χ4n) is 2.27. The van der Waals surface area contributed by atoms with Gasteiger partial charge in [0.2, 0.25) is 0 Å². The summed E-state index contributed by atoms with van der Waals surface area (Å²) in [5.74, 6) is 1.54. The standard InChI is InChI=1S/C8H9N2O2.C4H8NO.ClH.Zn/c1-11-6-3-4-8(12-2)7(5-6)10-9;1-3-6-4-2-5-1;;/h4H,5H2,1-2H3;1-4H2;1H;/q;-1;;+1. The van der Waals surface area contributed by atoms with E-state index in [4.69, 9.17) is 19.7 Å². The van der Waals surface area contributed by atoms with Gasteiger partial charge in [-0.3, -0.25) is 0 Å². The van der Waals surface area contributed by atoms with Crippen molar-refractivity contribution in [3.8, 4) is 0 Å². The zero-order valence-corrected chi connectivity index (χ0v) is 15.6. The molecule has 0 saturated carbocycles. The summed E-state index contributed by atoms with van der Waals surface area (Å²) >= 11 is -1.08. The number of morpholine rings is 1. The monoisotopic (exact) mass is 351 g/mol. The van der Waals surface area contributed by atoms with E-state index in [1.54, 1.807) is 14.2 Å². The van der Waals surface area contributed by atoms with Crippen molar-refractivity contribution in [1.29, 1.82) is 0 Å². The smallest absolute Gasteiger partial charge is 0.147 e. The Morgan fingerprint density at radius 1 is 1.30 bits per heavy atom. The van der Waals surface area contributed by atoms with Crippen LogP contribution in [0.4, 0.5) is 0 Å². The summed E-state index contributed by atoms with van der Waals surface area (Å²) in [4.78, 5) is 3.28. The number of rotatable bonds is 4. The fraction of sp³-hybridized carbons (Fsp3) is 0.583. The molecule has 0 unspecified atom stereocenters. The Labute approximate surface area is 132 Å². The number of ether oxygens (including phenoxy) is 3. The molecule has 20 heavy (non-hydrogen) atoms. The van der Waals surface area contributed by atoms with Gasteiger partial charge in [0.1, 0.15) is 0 Å². The van der Waals surface area contributed by atoms with Crippen molar-refractivity contribution in [1.82, 2.24) is 3.64 Å². The summed E-state index contributed by atoms with van der Waals surface area (Å²) in [6.45, 7) is 3.62. The quantitative estimate of drug-likeness (QED) is 0.433. The van der Waals surface area contributed by atoms with Crippen molar-refractivity contribution in [2.45, 2.75) is 6.42 Å². The number of allylic oxidation sites excluding steroid dienone is 4. The van der Waals surface area contributed by atoms with Gasteiger partial charge in [-0.05, 0) is 0 Å². The Morgan fingerprint density at radius 2 is 2.00 bits per heavy atom. The second-order valence-corrected chi connectivity index (χ2v) is 8.62. The first-order chi connectivity index (χ1) is 9.28. The number of halogens is 1. The molecule has 1 saturated heterocycles. The van der Waals surface area contributed by atoms with E-state index >= 15 is 0 Å². The summed E-state index contributed by atoms with van der Waals surface area (Å²) < 4.78 is 19.8. The van der Waals surface area contributed by atoms with Gasteiger partial charge in [0.15, 0.2) is 0 Å². The zero-order chi connectivity index (χ0) is 13.7. The van der Waals surface area contributed by atoms with Crippen molar-refractivity contribution >= 4 is 18.1 Å². The van der Waals surface area contributed by atoms with Gasteiger partial charge in [0.05, 0.1) is 0 Å². The van der Waals surface area contributed by atoms with E-state index in [1.807, 2.05) is 6.08 Å². The van der Waals surface area contributed by atoms with Crippen LogP contribution in [-0.4, -0.2) is 54.7 Å². The van der Waals surface area contributed by atoms with Gasteiger partial charge in [0.25, 0.3) is 0 Å². The van der Waals surface area contributed by atoms with Crippen LogP contribution in [0.3, 0.4) is 0 Å². The number of hydrogen-bond acceptors (Lipinski definition) is 4. The van der Waals surface area contributed by atoms with Crippen LogP contribution in [0.5, 0.6) is 0 Å². The predicted octanol–water partition coefficient (Wildman–Crippen LogP) is 1.20. The van der Waals surface area contributed by atoms with Gasteiger partial charge in [0, 0.05) is 0 Å². The van der Waals surface area contributed by atoms with E-state index in [-0.39, 0.29) is 12.4 Å². The minimum absolute atomic E-state index is 0. The molecule has 8 heteroatoms. The van der Waals surface area contributed by atoms with Crippen molar-refractivity contribution in [3.63, 3.8) is 0 Å². The van der Waals surface area contributed by atoms with Crippen LogP contribution >= 0.6 is 12.4 Å².